The van der Waals surface area contributed by atoms with Crippen molar-refractivity contribution < 1.29 is 0 Å². The molecule has 52 valence electrons. The molecule has 0 aliphatic rings. The Kier molecular flexibility index (Phi) is 4.88. The molecule has 0 atom stereocenters. The fourth-order valence-corrected chi connectivity index (χ4v) is 0.356. The van der Waals surface area contributed by atoms with Gasteiger partial charge in [-0.1, -0.05) is 12.5 Å². The molecule has 0 aliphatic carbocycles. The van der Waals surface area contributed by atoms with Gasteiger partial charge in [0, 0.05) is 13.2 Å². The molecular weight excluding hydrogens is 112 g/mol. The summed E-state index contributed by atoms with van der Waals surface area (Å²) in [5.41, 5.74) is 1.33. The normalized spacial score (nSPS) is 12.6. The van der Waals surface area contributed by atoms with Gasteiger partial charge in [0.15, 0.2) is 0 Å². The number of aliphatic imine (C=N–C) groups is 1. The largest absolute Gasteiger partial charge is 0.353 e. The maximum absolute atomic E-state index is 3.76. The average Bonchev–Trinajstić information content (AvgIpc) is 1.89. The van der Waals surface area contributed by atoms with Crippen molar-refractivity contribution in [1.82, 2.24) is 5.32 Å². The predicted octanol–water partition coefficient (Wildman–Crippen LogP) is 1.55. The second kappa shape index (κ2) is 5.35. The Morgan fingerprint density at radius 3 is 2.78 bits per heavy atom. The summed E-state index contributed by atoms with van der Waals surface area (Å²) < 4.78 is 0. The van der Waals surface area contributed by atoms with Crippen LogP contribution in [0.2, 0.25) is 0 Å². The van der Waals surface area contributed by atoms with Crippen molar-refractivity contribution in [2.24, 2.45) is 4.99 Å². The zero-order chi connectivity index (χ0) is 7.11. The Morgan fingerprint density at radius 1 is 1.67 bits per heavy atom. The third-order valence-corrected chi connectivity index (χ3v) is 1.09. The van der Waals surface area contributed by atoms with Crippen LogP contribution < -0.4 is 5.32 Å². The van der Waals surface area contributed by atoms with Gasteiger partial charge in [-0.15, -0.1) is 0 Å². The van der Waals surface area contributed by atoms with Crippen molar-refractivity contribution in [3.05, 3.63) is 11.8 Å². The van der Waals surface area contributed by atoms with E-state index in [1.54, 1.807) is 13.4 Å². The van der Waals surface area contributed by atoms with Crippen LogP contribution >= 0.6 is 0 Å². The lowest BCUT2D eigenvalue weighted by atomic mass is 10.3. The zero-order valence-corrected chi connectivity index (χ0v) is 6.31. The maximum Gasteiger partial charge on any atom is 0.0859 e. The summed E-state index contributed by atoms with van der Waals surface area (Å²) in [5, 5.41) is 2.93. The molecule has 0 aromatic heterocycles. The highest BCUT2D eigenvalue weighted by Gasteiger charge is 1.77. The Balaban J connectivity index is 3.43. The first kappa shape index (κ1) is 8.21. The molecule has 0 aromatic rings. The number of hydrogen-bond donors (Lipinski definition) is 1. The number of allylic oxidation sites excluding steroid dienone is 1. The molecule has 0 fully saturated rings. The molecule has 9 heavy (non-hydrogen) atoms. The lowest BCUT2D eigenvalue weighted by Crippen LogP contribution is -2.00. The second-order valence-electron chi connectivity index (χ2n) is 1.90. The quantitative estimate of drug-likeness (QED) is 0.450. The van der Waals surface area contributed by atoms with Crippen molar-refractivity contribution in [2.75, 3.05) is 7.05 Å². The SMILES string of the molecule is CC/C(C)=C\NC=NC. The van der Waals surface area contributed by atoms with Crippen molar-refractivity contribution in [3.8, 4) is 0 Å². The van der Waals surface area contributed by atoms with Crippen LogP contribution in [0.25, 0.3) is 0 Å². The van der Waals surface area contributed by atoms with E-state index in [1.165, 1.54) is 5.57 Å². The molecule has 0 spiro atoms. The van der Waals surface area contributed by atoms with E-state index < -0.39 is 0 Å². The Labute approximate surface area is 56.7 Å². The highest BCUT2D eigenvalue weighted by Crippen LogP contribution is 1.93. The van der Waals surface area contributed by atoms with Gasteiger partial charge in [0.1, 0.15) is 0 Å². The minimum absolute atomic E-state index is 1.09. The van der Waals surface area contributed by atoms with Gasteiger partial charge in [0.05, 0.1) is 6.34 Å². The van der Waals surface area contributed by atoms with E-state index in [0.717, 1.165) is 6.42 Å². The Bertz CT molecular complexity index is 114. The first-order valence-corrected chi connectivity index (χ1v) is 3.13. The summed E-state index contributed by atoms with van der Waals surface area (Å²) in [4.78, 5) is 3.76. The number of nitrogens with zero attached hydrogens (tertiary/aromatic N) is 1. The van der Waals surface area contributed by atoms with E-state index in [-0.39, 0.29) is 0 Å². The van der Waals surface area contributed by atoms with Crippen LogP contribution in [0.1, 0.15) is 20.3 Å². The molecule has 2 nitrogen and oxygen atoms in total. The van der Waals surface area contributed by atoms with E-state index >= 15 is 0 Å². The molecule has 0 unspecified atom stereocenters. The highest BCUT2D eigenvalue weighted by atomic mass is 14.9. The molecule has 0 amide bonds. The number of nitrogens with one attached hydrogen (secondary N) is 1. The third-order valence-electron chi connectivity index (χ3n) is 1.09. The Hall–Kier alpha value is -0.790. The topological polar surface area (TPSA) is 24.4 Å². The van der Waals surface area contributed by atoms with Crippen LogP contribution in [-0.4, -0.2) is 13.4 Å². The fraction of sp³-hybridized carbons (Fsp3) is 0.571. The average molecular weight is 126 g/mol. The van der Waals surface area contributed by atoms with Crippen LogP contribution in [-0.2, 0) is 0 Å². The molecule has 0 bridgehead atoms. The fourth-order valence-electron chi connectivity index (χ4n) is 0.356. The van der Waals surface area contributed by atoms with Crippen molar-refractivity contribution in [2.45, 2.75) is 20.3 Å². The van der Waals surface area contributed by atoms with E-state index in [4.69, 9.17) is 0 Å². The summed E-state index contributed by atoms with van der Waals surface area (Å²) in [6, 6.07) is 0. The molecule has 1 N–H and O–H groups in total. The summed E-state index contributed by atoms with van der Waals surface area (Å²) in [7, 11) is 1.74. The van der Waals surface area contributed by atoms with Gasteiger partial charge >= 0.3 is 0 Å². The third kappa shape index (κ3) is 5.07. The molecule has 0 saturated heterocycles. The molecule has 0 rings (SSSR count). The van der Waals surface area contributed by atoms with Crippen molar-refractivity contribution in [3.63, 3.8) is 0 Å². The van der Waals surface area contributed by atoms with Gasteiger partial charge in [-0.05, 0) is 13.3 Å². The summed E-state index contributed by atoms with van der Waals surface area (Å²) in [6.45, 7) is 4.20. The van der Waals surface area contributed by atoms with Crippen LogP contribution in [0.15, 0.2) is 16.8 Å². The second-order valence-corrected chi connectivity index (χ2v) is 1.90. The number of hydrogen-bond acceptors (Lipinski definition) is 1. The summed E-state index contributed by atoms with van der Waals surface area (Å²) in [5.74, 6) is 0. The van der Waals surface area contributed by atoms with E-state index in [9.17, 15) is 0 Å². The zero-order valence-electron chi connectivity index (χ0n) is 6.31. The van der Waals surface area contributed by atoms with Gasteiger partial charge < -0.3 is 5.32 Å². The monoisotopic (exact) mass is 126 g/mol. The lowest BCUT2D eigenvalue weighted by molar-refractivity contribution is 1.06. The molecule has 0 saturated carbocycles. The minimum Gasteiger partial charge on any atom is -0.353 e. The number of rotatable bonds is 3. The molecule has 2 heteroatoms. The van der Waals surface area contributed by atoms with Crippen LogP contribution in [0.4, 0.5) is 0 Å². The molecule has 0 heterocycles. The van der Waals surface area contributed by atoms with Crippen LogP contribution in [0, 0.1) is 0 Å². The molecule has 0 aliphatic heterocycles. The van der Waals surface area contributed by atoms with E-state index in [1.807, 2.05) is 6.20 Å². The van der Waals surface area contributed by atoms with Gasteiger partial charge in [0.25, 0.3) is 0 Å². The smallest absolute Gasteiger partial charge is 0.0859 e. The highest BCUT2D eigenvalue weighted by molar-refractivity contribution is 5.55. The molecule has 0 radical (unpaired) electrons. The first-order chi connectivity index (χ1) is 4.31. The van der Waals surface area contributed by atoms with Gasteiger partial charge in [0.2, 0.25) is 0 Å². The maximum atomic E-state index is 3.76. The molecular formula is C7H14N2. The van der Waals surface area contributed by atoms with Crippen LogP contribution in [0.5, 0.6) is 0 Å². The van der Waals surface area contributed by atoms with Crippen molar-refractivity contribution >= 4 is 6.34 Å². The van der Waals surface area contributed by atoms with E-state index in [0.29, 0.717) is 0 Å². The predicted molar refractivity (Wildman–Crippen MR) is 41.6 cm³/mol. The van der Waals surface area contributed by atoms with Gasteiger partial charge in [-0.25, -0.2) is 0 Å². The summed E-state index contributed by atoms with van der Waals surface area (Å²) in [6.07, 6.45) is 4.71. The van der Waals surface area contributed by atoms with Crippen molar-refractivity contribution in [1.29, 1.82) is 0 Å². The Morgan fingerprint density at radius 2 is 2.33 bits per heavy atom. The van der Waals surface area contributed by atoms with Gasteiger partial charge in [-0.3, -0.25) is 4.99 Å². The lowest BCUT2D eigenvalue weighted by Gasteiger charge is -1.92. The summed E-state index contributed by atoms with van der Waals surface area (Å²) >= 11 is 0. The van der Waals surface area contributed by atoms with Crippen LogP contribution in [0.3, 0.4) is 0 Å². The standard InChI is InChI=1S/C7H14N2/c1-4-7(2)5-9-6-8-3/h5-6H,4H2,1-3H3,(H,8,9)/b7-5-. The first-order valence-electron chi connectivity index (χ1n) is 3.13. The van der Waals surface area contributed by atoms with E-state index in [2.05, 4.69) is 24.2 Å². The minimum atomic E-state index is 1.09. The van der Waals surface area contributed by atoms with Gasteiger partial charge in [-0.2, -0.15) is 0 Å². The molecule has 0 aromatic carbocycles.